The van der Waals surface area contributed by atoms with Gasteiger partial charge in [0.2, 0.25) is 88.6 Å². The highest BCUT2D eigenvalue weighted by atomic mass is 32.2. The smallest absolute Gasteiger partial charge is 0.326 e. The van der Waals surface area contributed by atoms with Gasteiger partial charge in [-0.3, -0.25) is 86.3 Å². The first-order valence-electron chi connectivity index (χ1n) is 35.7. The molecule has 0 saturated carbocycles. The average Bonchev–Trinajstić information content (AvgIpc) is 0.900. The standard InChI is InChI=1S/C65H112N18O26S3/c1-6-33(2)52(64(107)79-42(65(108)109)12-8-10-23-67)83-61(104)37(14-17-50(92)93)73-47(88)28-70-54(97)35(11-7-9-22-66)74-57(100)38(15-18-51(94)95)75-58(101)39(19-24-110-3)77-60(103)41(21-26-112-5)78-59(102)40(20-25-111-4)76-56(99)36(13-16-49(90)91)72-48(89)29-71-55(98)43(30-84)81-63(106)45(32-86)82-62(105)44(31-85)80-53(96)34(68)27-46(69)87/h33-45,52,84-86H,6-32,66-68H2,1-5H3,(H2,69,87)(H,70,97)(H,71,98)(H,72,89)(H,73,88)(H,74,100)(H,75,101)(H,76,99)(H,77,103)(H,78,102)(H,79,107)(H,80,96)(H,81,106)(H,82,105)(H,83,104)(H,90,91)(H,92,93)(H,94,95)(H,108,109)/t33-,34-,35-,36-,37-,38-,39-,40-,41-,42-,43-,44-,45-,52-/m0/s1. The number of hydrogen-bond donors (Lipinski definition) is 25. The first-order valence-corrected chi connectivity index (χ1v) is 39.9. The minimum Gasteiger partial charge on any atom is -0.481 e. The summed E-state index contributed by atoms with van der Waals surface area (Å²) in [5.74, 6) is -21.9. The Morgan fingerprint density at radius 2 is 0.625 bits per heavy atom. The SMILES string of the molecule is CC[C@H](C)[C@H](NC(=O)[C@H](CCC(=O)O)NC(=O)CNC(=O)[C@H](CCCCN)NC(=O)[C@H](CCC(=O)O)NC(=O)[C@H](CCSC)NC(=O)[C@H](CCSC)NC(=O)[C@H](CCSC)NC(=O)[C@H](CCC(=O)O)NC(=O)CNC(=O)[C@H](CO)NC(=O)[C@H](CO)NC(=O)[C@H](CO)NC(=O)[C@@H](N)CC(N)=O)C(=O)N[C@@H](CCCCN)C(=O)O. The number of carbonyl (C=O) groups is 19. The third kappa shape index (κ3) is 42.4. The normalized spacial score (nSPS) is 14.7. The van der Waals surface area contributed by atoms with Crippen LogP contribution in [0.2, 0.25) is 0 Å². The Morgan fingerprint density at radius 3 is 0.938 bits per heavy atom. The van der Waals surface area contributed by atoms with Crippen LogP contribution in [0.25, 0.3) is 0 Å². The predicted molar refractivity (Wildman–Crippen MR) is 405 cm³/mol. The van der Waals surface area contributed by atoms with Gasteiger partial charge in [-0.15, -0.1) is 0 Å². The summed E-state index contributed by atoms with van der Waals surface area (Å²) in [6, 6.07) is -21.0. The molecular formula is C65H112N18O26S3. The number of rotatable bonds is 62. The lowest BCUT2D eigenvalue weighted by Gasteiger charge is -2.28. The summed E-state index contributed by atoms with van der Waals surface area (Å²) in [5.41, 5.74) is 21.8. The second-order valence-corrected chi connectivity index (χ2v) is 28.4. The number of thioether (sulfide) groups is 3. The highest BCUT2D eigenvalue weighted by Crippen LogP contribution is 2.14. The largest absolute Gasteiger partial charge is 0.481 e. The van der Waals surface area contributed by atoms with Gasteiger partial charge in [-0.2, -0.15) is 35.3 Å². The number of amides is 15. The highest BCUT2D eigenvalue weighted by molar-refractivity contribution is 7.99. The lowest BCUT2D eigenvalue weighted by molar-refractivity contribution is -0.143. The molecule has 0 aromatic rings. The number of hydrogen-bond acceptors (Lipinski definition) is 28. The van der Waals surface area contributed by atoms with Crippen LogP contribution in [-0.4, -0.2) is 309 Å². The van der Waals surface area contributed by atoms with Gasteiger partial charge in [-0.25, -0.2) is 4.79 Å². The monoisotopic (exact) mass is 1660 g/mol. The molecule has 0 aromatic carbocycles. The number of aliphatic hydroxyl groups is 3. The number of unbranched alkanes of at least 4 members (excludes halogenated alkanes) is 2. The molecule has 29 N–H and O–H groups in total. The Morgan fingerprint density at radius 1 is 0.348 bits per heavy atom. The van der Waals surface area contributed by atoms with Crippen LogP contribution >= 0.6 is 35.3 Å². The van der Waals surface area contributed by atoms with Crippen molar-refractivity contribution < 1.29 is 127 Å². The fraction of sp³-hybridized carbons (Fsp3) is 0.708. The van der Waals surface area contributed by atoms with Crippen molar-refractivity contribution in [2.75, 3.05) is 82.0 Å². The lowest BCUT2D eigenvalue weighted by Crippen LogP contribution is -2.60. The second-order valence-electron chi connectivity index (χ2n) is 25.5. The summed E-state index contributed by atoms with van der Waals surface area (Å²) >= 11 is 3.69. The summed E-state index contributed by atoms with van der Waals surface area (Å²) in [6.45, 7) is -1.62. The van der Waals surface area contributed by atoms with Crippen LogP contribution in [0.1, 0.15) is 123 Å². The molecular weight excluding hydrogens is 1550 g/mol. The third-order valence-electron chi connectivity index (χ3n) is 16.6. The molecule has 0 fully saturated rings. The number of aliphatic carboxylic acids is 4. The molecule has 0 heterocycles. The van der Waals surface area contributed by atoms with E-state index < -0.39 is 275 Å². The molecule has 0 unspecified atom stereocenters. The molecule has 44 nitrogen and oxygen atoms in total. The van der Waals surface area contributed by atoms with E-state index in [1.54, 1.807) is 32.6 Å². The van der Waals surface area contributed by atoms with Crippen molar-refractivity contribution in [1.82, 2.24) is 74.4 Å². The van der Waals surface area contributed by atoms with E-state index in [0.29, 0.717) is 25.7 Å². The molecule has 47 heteroatoms. The van der Waals surface area contributed by atoms with Gasteiger partial charge in [-0.05, 0) is 132 Å². The number of carboxylic acids is 4. The van der Waals surface area contributed by atoms with E-state index in [-0.39, 0.29) is 68.9 Å². The summed E-state index contributed by atoms with van der Waals surface area (Å²) < 4.78 is 0. The van der Waals surface area contributed by atoms with Crippen LogP contribution in [0.3, 0.4) is 0 Å². The number of nitrogens with two attached hydrogens (primary N) is 4. The molecule has 636 valence electrons. The molecule has 0 aliphatic rings. The molecule has 0 spiro atoms. The number of primary amides is 1. The summed E-state index contributed by atoms with van der Waals surface area (Å²) in [7, 11) is 0. The predicted octanol–water partition coefficient (Wildman–Crippen LogP) is -9.54. The molecule has 112 heavy (non-hydrogen) atoms. The van der Waals surface area contributed by atoms with Crippen LogP contribution in [0, 0.1) is 5.92 Å². The average molecular weight is 1660 g/mol. The lowest BCUT2D eigenvalue weighted by atomic mass is 9.96. The maximum absolute atomic E-state index is 14.4. The van der Waals surface area contributed by atoms with Crippen LogP contribution in [0.5, 0.6) is 0 Å². The van der Waals surface area contributed by atoms with Gasteiger partial charge < -0.3 is 133 Å². The molecule has 0 aromatic heterocycles. The summed E-state index contributed by atoms with van der Waals surface area (Å²) in [5, 5.41) is 101. The first kappa shape index (κ1) is 103. The van der Waals surface area contributed by atoms with Crippen LogP contribution < -0.4 is 97.4 Å². The van der Waals surface area contributed by atoms with Gasteiger partial charge >= 0.3 is 23.9 Å². The van der Waals surface area contributed by atoms with Crippen molar-refractivity contribution in [3.63, 3.8) is 0 Å². The maximum Gasteiger partial charge on any atom is 0.326 e. The number of carboxylic acid groups (broad SMARTS) is 4. The van der Waals surface area contributed by atoms with E-state index in [1.165, 1.54) is 35.3 Å². The van der Waals surface area contributed by atoms with Gasteiger partial charge in [0.15, 0.2) is 0 Å². The van der Waals surface area contributed by atoms with Crippen LogP contribution in [0.15, 0.2) is 0 Å². The van der Waals surface area contributed by atoms with E-state index in [0.717, 1.165) is 0 Å². The molecule has 15 amide bonds. The molecule has 0 aliphatic heterocycles. The Kier molecular flexibility index (Phi) is 53.0. The van der Waals surface area contributed by atoms with Crippen LogP contribution in [-0.2, 0) is 91.1 Å². The topological polar surface area (TPSA) is 738 Å². The van der Waals surface area contributed by atoms with E-state index in [2.05, 4.69) is 58.5 Å². The van der Waals surface area contributed by atoms with E-state index in [9.17, 15) is 127 Å². The van der Waals surface area contributed by atoms with Gasteiger partial charge in [0.1, 0.15) is 72.5 Å². The van der Waals surface area contributed by atoms with Crippen molar-refractivity contribution in [2.24, 2.45) is 28.9 Å². The third-order valence-corrected chi connectivity index (χ3v) is 18.5. The van der Waals surface area contributed by atoms with Crippen molar-refractivity contribution in [1.29, 1.82) is 0 Å². The Balaban J connectivity index is 6.75. The van der Waals surface area contributed by atoms with Gasteiger partial charge in [0.05, 0.1) is 45.4 Å². The zero-order valence-electron chi connectivity index (χ0n) is 63.1. The van der Waals surface area contributed by atoms with Gasteiger partial charge in [0, 0.05) is 19.3 Å². The molecule has 0 rings (SSSR count). The number of aliphatic hydroxyl groups excluding tert-OH is 3. The minimum atomic E-state index is -1.90. The van der Waals surface area contributed by atoms with Crippen LogP contribution in [0.4, 0.5) is 0 Å². The second kappa shape index (κ2) is 57.7. The quantitative estimate of drug-likeness (QED) is 0.0251. The van der Waals surface area contributed by atoms with Crippen molar-refractivity contribution >= 4 is 148 Å². The van der Waals surface area contributed by atoms with E-state index >= 15 is 0 Å². The zero-order valence-corrected chi connectivity index (χ0v) is 65.5. The van der Waals surface area contributed by atoms with Crippen molar-refractivity contribution in [3.8, 4) is 0 Å². The van der Waals surface area contributed by atoms with Gasteiger partial charge in [-0.1, -0.05) is 20.3 Å². The van der Waals surface area contributed by atoms with E-state index in [1.807, 2.05) is 16.0 Å². The molecule has 0 radical (unpaired) electrons. The molecule has 0 bridgehead atoms. The molecule has 0 saturated heterocycles. The molecule has 0 aliphatic carbocycles. The minimum absolute atomic E-state index is 0.0185. The number of nitrogens with one attached hydrogen (secondary N) is 14. The summed E-state index contributed by atoms with van der Waals surface area (Å²) in [6.07, 6.45) is 1.54. The fourth-order valence-corrected chi connectivity index (χ4v) is 11.4. The summed E-state index contributed by atoms with van der Waals surface area (Å²) in [4.78, 5) is 249. The fourth-order valence-electron chi connectivity index (χ4n) is 10.0. The van der Waals surface area contributed by atoms with Crippen molar-refractivity contribution in [3.05, 3.63) is 0 Å². The van der Waals surface area contributed by atoms with Gasteiger partial charge in [0.25, 0.3) is 0 Å². The highest BCUT2D eigenvalue weighted by Gasteiger charge is 2.38. The molecule has 14 atom stereocenters. The first-order chi connectivity index (χ1) is 52.9. The van der Waals surface area contributed by atoms with E-state index in [4.69, 9.17) is 22.9 Å². The number of carbonyl (C=O) groups excluding carboxylic acids is 15. The Labute approximate surface area is 658 Å². The Hall–Kier alpha value is -9.26. The maximum atomic E-state index is 14.4. The zero-order chi connectivity index (χ0) is 85.2. The Bertz CT molecular complexity index is 3150. The van der Waals surface area contributed by atoms with Crippen molar-refractivity contribution in [2.45, 2.75) is 202 Å².